The van der Waals surface area contributed by atoms with Gasteiger partial charge in [-0.15, -0.1) is 0 Å². The Labute approximate surface area is 100 Å². The second kappa shape index (κ2) is 4.66. The van der Waals surface area contributed by atoms with Crippen LogP contribution in [0.4, 0.5) is 16.0 Å². The van der Waals surface area contributed by atoms with Crippen LogP contribution in [0.3, 0.4) is 0 Å². The topological polar surface area (TPSA) is 85.4 Å². The predicted molar refractivity (Wildman–Crippen MR) is 59.7 cm³/mol. The molecule has 0 fully saturated rings. The van der Waals surface area contributed by atoms with Crippen LogP contribution in [0.1, 0.15) is 10.6 Å². The van der Waals surface area contributed by atoms with Crippen molar-refractivity contribution in [3.05, 3.63) is 58.1 Å². The van der Waals surface area contributed by atoms with E-state index in [1.807, 2.05) is 0 Å². The van der Waals surface area contributed by atoms with Crippen LogP contribution in [0.2, 0.25) is 0 Å². The summed E-state index contributed by atoms with van der Waals surface area (Å²) in [6, 6.07) is 7.50. The first-order valence-corrected chi connectivity index (χ1v) is 4.87. The molecule has 0 atom stereocenters. The summed E-state index contributed by atoms with van der Waals surface area (Å²) >= 11 is 0. The van der Waals surface area contributed by atoms with E-state index in [0.717, 1.165) is 12.1 Å². The minimum absolute atomic E-state index is 0.217. The average Bonchev–Trinajstić information content (AvgIpc) is 2.78. The Morgan fingerprint density at radius 1 is 1.33 bits per heavy atom. The van der Waals surface area contributed by atoms with Crippen molar-refractivity contribution in [2.45, 2.75) is 0 Å². The van der Waals surface area contributed by atoms with E-state index in [4.69, 9.17) is 4.42 Å². The lowest BCUT2D eigenvalue weighted by Crippen LogP contribution is -2.10. The highest BCUT2D eigenvalue weighted by Crippen LogP contribution is 2.17. The van der Waals surface area contributed by atoms with Gasteiger partial charge in [-0.25, -0.2) is 4.39 Å². The molecule has 92 valence electrons. The summed E-state index contributed by atoms with van der Waals surface area (Å²) < 4.78 is 17.6. The van der Waals surface area contributed by atoms with Gasteiger partial charge in [-0.1, -0.05) is 6.07 Å². The van der Waals surface area contributed by atoms with E-state index < -0.39 is 22.5 Å². The van der Waals surface area contributed by atoms with Crippen molar-refractivity contribution < 1.29 is 18.5 Å². The third-order valence-electron chi connectivity index (χ3n) is 2.08. The van der Waals surface area contributed by atoms with Gasteiger partial charge in [0.05, 0.1) is 6.07 Å². The first kappa shape index (κ1) is 11.8. The van der Waals surface area contributed by atoms with Gasteiger partial charge in [-0.2, -0.15) is 0 Å². The Morgan fingerprint density at radius 2 is 2.11 bits per heavy atom. The third kappa shape index (κ3) is 2.51. The smallest absolute Gasteiger partial charge is 0.395 e. The fourth-order valence-corrected chi connectivity index (χ4v) is 1.31. The van der Waals surface area contributed by atoms with Crippen LogP contribution < -0.4 is 5.32 Å². The van der Waals surface area contributed by atoms with Crippen LogP contribution in [-0.4, -0.2) is 10.8 Å². The number of nitrogens with zero attached hydrogens (tertiary/aromatic N) is 1. The fraction of sp³-hybridized carbons (Fsp3) is 0. The van der Waals surface area contributed by atoms with E-state index in [9.17, 15) is 19.3 Å². The summed E-state index contributed by atoms with van der Waals surface area (Å²) in [6.07, 6.45) is 0. The van der Waals surface area contributed by atoms with E-state index >= 15 is 0 Å². The Hall–Kier alpha value is -2.70. The Morgan fingerprint density at radius 3 is 2.72 bits per heavy atom. The molecule has 1 aromatic carbocycles. The van der Waals surface area contributed by atoms with Crippen molar-refractivity contribution in [1.82, 2.24) is 0 Å². The molecule has 18 heavy (non-hydrogen) atoms. The van der Waals surface area contributed by atoms with Crippen molar-refractivity contribution in [1.29, 1.82) is 0 Å². The maximum absolute atomic E-state index is 12.9. The highest BCUT2D eigenvalue weighted by Gasteiger charge is 2.17. The second-order valence-electron chi connectivity index (χ2n) is 3.36. The predicted octanol–water partition coefficient (Wildman–Crippen LogP) is 2.58. The van der Waals surface area contributed by atoms with E-state index in [0.29, 0.717) is 0 Å². The second-order valence-corrected chi connectivity index (χ2v) is 3.36. The van der Waals surface area contributed by atoms with Crippen molar-refractivity contribution >= 4 is 17.5 Å². The van der Waals surface area contributed by atoms with Crippen molar-refractivity contribution in [3.63, 3.8) is 0 Å². The number of carbonyl (C=O) groups excluding carboxylic acids is 1. The number of nitro groups is 1. The van der Waals surface area contributed by atoms with Crippen molar-refractivity contribution in [3.8, 4) is 0 Å². The monoisotopic (exact) mass is 250 g/mol. The summed E-state index contributed by atoms with van der Waals surface area (Å²) in [6.45, 7) is 0. The molecule has 1 aromatic heterocycles. The van der Waals surface area contributed by atoms with Gasteiger partial charge in [-0.3, -0.25) is 14.9 Å². The molecule has 1 heterocycles. The molecular formula is C11H7FN2O4. The summed E-state index contributed by atoms with van der Waals surface area (Å²) in [5.74, 6) is -1.93. The zero-order valence-corrected chi connectivity index (χ0v) is 8.92. The molecule has 0 unspecified atom stereocenters. The van der Waals surface area contributed by atoms with Crippen LogP contribution in [0, 0.1) is 15.9 Å². The highest BCUT2D eigenvalue weighted by atomic mass is 19.1. The lowest BCUT2D eigenvalue weighted by molar-refractivity contribution is -0.402. The highest BCUT2D eigenvalue weighted by molar-refractivity contribution is 6.02. The molecule has 0 aliphatic rings. The number of hydrogen-bond acceptors (Lipinski definition) is 4. The largest absolute Gasteiger partial charge is 0.433 e. The number of amides is 1. The van der Waals surface area contributed by atoms with Crippen LogP contribution in [-0.2, 0) is 0 Å². The van der Waals surface area contributed by atoms with Crippen molar-refractivity contribution in [2.24, 2.45) is 0 Å². The molecule has 0 saturated carbocycles. The molecule has 0 aliphatic heterocycles. The zero-order chi connectivity index (χ0) is 13.1. The standard InChI is InChI=1S/C11H7FN2O4/c12-7-2-1-3-8(6-7)13-11(15)9-4-5-10(18-9)14(16)17/h1-6H,(H,13,15). The SMILES string of the molecule is O=C(Nc1cccc(F)c1)c1ccc([N+](=O)[O-])o1. The van der Waals surface area contributed by atoms with Gasteiger partial charge in [-0.05, 0) is 24.3 Å². The molecule has 0 saturated heterocycles. The van der Waals surface area contributed by atoms with Crippen molar-refractivity contribution in [2.75, 3.05) is 5.32 Å². The molecule has 0 spiro atoms. The Balaban J connectivity index is 2.14. The molecule has 2 aromatic rings. The molecule has 0 radical (unpaired) electrons. The van der Waals surface area contributed by atoms with Crippen LogP contribution in [0.5, 0.6) is 0 Å². The molecular weight excluding hydrogens is 243 g/mol. The molecule has 6 nitrogen and oxygen atoms in total. The Bertz CT molecular complexity index is 609. The molecule has 1 N–H and O–H groups in total. The van der Waals surface area contributed by atoms with Gasteiger partial charge in [0.2, 0.25) is 0 Å². The number of nitrogens with one attached hydrogen (secondary N) is 1. The molecule has 0 bridgehead atoms. The number of benzene rings is 1. The average molecular weight is 250 g/mol. The summed E-state index contributed by atoms with van der Waals surface area (Å²) in [7, 11) is 0. The van der Waals surface area contributed by atoms with E-state index in [-0.39, 0.29) is 11.4 Å². The maximum Gasteiger partial charge on any atom is 0.433 e. The van der Waals surface area contributed by atoms with E-state index in [1.165, 1.54) is 24.3 Å². The number of hydrogen-bond donors (Lipinski definition) is 1. The van der Waals surface area contributed by atoms with Gasteiger partial charge >= 0.3 is 5.88 Å². The number of rotatable bonds is 3. The van der Waals surface area contributed by atoms with Gasteiger partial charge in [0.1, 0.15) is 10.7 Å². The Kier molecular flexibility index (Phi) is 3.05. The summed E-state index contributed by atoms with van der Waals surface area (Å²) in [4.78, 5) is 21.2. The quantitative estimate of drug-likeness (QED) is 0.670. The minimum atomic E-state index is -0.751. The van der Waals surface area contributed by atoms with E-state index in [1.54, 1.807) is 0 Å². The molecule has 1 amide bonds. The minimum Gasteiger partial charge on any atom is -0.395 e. The number of halogens is 1. The molecule has 0 aliphatic carbocycles. The zero-order valence-electron chi connectivity index (χ0n) is 8.92. The maximum atomic E-state index is 12.9. The van der Waals surface area contributed by atoms with Gasteiger partial charge in [0, 0.05) is 5.69 Å². The molecule has 2 rings (SSSR count). The van der Waals surface area contributed by atoms with Crippen LogP contribution in [0.15, 0.2) is 40.8 Å². The third-order valence-corrected chi connectivity index (χ3v) is 2.08. The summed E-state index contributed by atoms with van der Waals surface area (Å²) in [5.41, 5.74) is 0.235. The van der Waals surface area contributed by atoms with Gasteiger partial charge in [0.25, 0.3) is 5.91 Å². The fourth-order valence-electron chi connectivity index (χ4n) is 1.31. The van der Waals surface area contributed by atoms with Gasteiger partial charge in [0.15, 0.2) is 5.76 Å². The van der Waals surface area contributed by atoms with E-state index in [2.05, 4.69) is 5.32 Å². The first-order valence-electron chi connectivity index (χ1n) is 4.87. The lowest BCUT2D eigenvalue weighted by Gasteiger charge is -2.02. The van der Waals surface area contributed by atoms with Crippen LogP contribution >= 0.6 is 0 Å². The normalized spacial score (nSPS) is 10.1. The number of furan rings is 1. The van der Waals surface area contributed by atoms with Crippen LogP contribution in [0.25, 0.3) is 0 Å². The first-order chi connectivity index (χ1) is 8.56. The molecule has 7 heteroatoms. The lowest BCUT2D eigenvalue weighted by atomic mass is 10.3. The van der Waals surface area contributed by atoms with Gasteiger partial charge < -0.3 is 9.73 Å². The summed E-state index contributed by atoms with van der Waals surface area (Å²) in [5, 5.41) is 12.7. The number of carbonyl (C=O) groups is 1. The number of anilines is 1.